The molecule has 0 spiro atoms. The van der Waals surface area contributed by atoms with Crippen molar-refractivity contribution in [3.63, 3.8) is 0 Å². The van der Waals surface area contributed by atoms with Gasteiger partial charge in [-0.25, -0.2) is 8.78 Å². The van der Waals surface area contributed by atoms with Crippen LogP contribution in [0, 0.1) is 0 Å². The van der Waals surface area contributed by atoms with Crippen molar-refractivity contribution in [3.05, 3.63) is 0 Å². The fourth-order valence-corrected chi connectivity index (χ4v) is 0.836. The van der Waals surface area contributed by atoms with E-state index in [1.165, 1.54) is 0 Å². The number of nitrogens with two attached hydrogens (primary N) is 1. The maximum absolute atomic E-state index is 11.6. The molecule has 0 aromatic carbocycles. The molecule has 0 atom stereocenters. The van der Waals surface area contributed by atoms with E-state index in [0.29, 0.717) is 12.3 Å². The Hall–Kier alpha value is -0.710. The van der Waals surface area contributed by atoms with Crippen LogP contribution < -0.4 is 5.73 Å². The molecule has 0 aliphatic rings. The lowest BCUT2D eigenvalue weighted by atomic mass is 10.1. The topological polar surface area (TPSA) is 47.6 Å². The van der Waals surface area contributed by atoms with E-state index in [9.17, 15) is 8.78 Å². The Balaban J connectivity index is 3.64. The third kappa shape index (κ3) is 9.38. The smallest absolute Gasteiger partial charge is 0.261 e. The molecule has 0 heterocycles. The fourth-order valence-electron chi connectivity index (χ4n) is 0.836. The second kappa shape index (κ2) is 5.90. The minimum Gasteiger partial charge on any atom is -0.387 e. The zero-order chi connectivity index (χ0) is 11.2. The fraction of sp³-hybridized carbons (Fsp3) is 0.889. The molecule has 5 heteroatoms. The van der Waals surface area contributed by atoms with E-state index in [4.69, 9.17) is 5.73 Å². The average Bonchev–Trinajstić information content (AvgIpc) is 1.94. The van der Waals surface area contributed by atoms with Crippen LogP contribution in [0.2, 0.25) is 0 Å². The van der Waals surface area contributed by atoms with Gasteiger partial charge in [0.1, 0.15) is 6.61 Å². The van der Waals surface area contributed by atoms with E-state index in [1.54, 1.807) is 0 Å². The summed E-state index contributed by atoms with van der Waals surface area (Å²) in [6, 6.07) is 0. The van der Waals surface area contributed by atoms with Gasteiger partial charge in [0.2, 0.25) is 0 Å². The highest BCUT2D eigenvalue weighted by molar-refractivity contribution is 5.80. The van der Waals surface area contributed by atoms with E-state index >= 15 is 0 Å². The first-order valence-corrected chi connectivity index (χ1v) is 4.51. The standard InChI is InChI=1S/C9H18F2N2O/c1-9(2,3)13-8(12)4-5-14-6-7(10)11/h7H,4-6H2,1-3H3,(H2,12,13). The van der Waals surface area contributed by atoms with Gasteiger partial charge < -0.3 is 10.5 Å². The summed E-state index contributed by atoms with van der Waals surface area (Å²) in [5.41, 5.74) is 5.33. The molecule has 14 heavy (non-hydrogen) atoms. The van der Waals surface area contributed by atoms with E-state index in [0.717, 1.165) is 0 Å². The summed E-state index contributed by atoms with van der Waals surface area (Å²) in [5.74, 6) is 0.437. The number of amidine groups is 1. The van der Waals surface area contributed by atoms with Gasteiger partial charge in [-0.1, -0.05) is 0 Å². The minimum absolute atomic E-state index is 0.190. The van der Waals surface area contributed by atoms with Crippen LogP contribution in [-0.2, 0) is 4.74 Å². The molecular formula is C9H18F2N2O. The second-order valence-corrected chi connectivity index (χ2v) is 3.99. The highest BCUT2D eigenvalue weighted by Crippen LogP contribution is 2.06. The number of nitrogens with zero attached hydrogens (tertiary/aromatic N) is 1. The third-order valence-corrected chi connectivity index (χ3v) is 1.23. The highest BCUT2D eigenvalue weighted by atomic mass is 19.3. The second-order valence-electron chi connectivity index (χ2n) is 3.99. The van der Waals surface area contributed by atoms with Crippen molar-refractivity contribution < 1.29 is 13.5 Å². The summed E-state index contributed by atoms with van der Waals surface area (Å²) in [7, 11) is 0. The Morgan fingerprint density at radius 3 is 2.43 bits per heavy atom. The Morgan fingerprint density at radius 1 is 1.43 bits per heavy atom. The van der Waals surface area contributed by atoms with Gasteiger partial charge >= 0.3 is 0 Å². The first kappa shape index (κ1) is 13.3. The molecule has 3 nitrogen and oxygen atoms in total. The van der Waals surface area contributed by atoms with Crippen molar-refractivity contribution in [3.8, 4) is 0 Å². The molecule has 0 bridgehead atoms. The molecule has 0 rings (SSSR count). The molecule has 0 amide bonds. The molecule has 2 N–H and O–H groups in total. The maximum Gasteiger partial charge on any atom is 0.261 e. The van der Waals surface area contributed by atoms with Crippen molar-refractivity contribution in [1.82, 2.24) is 0 Å². The van der Waals surface area contributed by atoms with Crippen LogP contribution in [0.5, 0.6) is 0 Å². The predicted molar refractivity (Wildman–Crippen MR) is 52.8 cm³/mol. The number of aliphatic imine (C=N–C) groups is 1. The van der Waals surface area contributed by atoms with Gasteiger partial charge in [0.25, 0.3) is 6.43 Å². The van der Waals surface area contributed by atoms with Crippen molar-refractivity contribution in [2.45, 2.75) is 39.2 Å². The maximum atomic E-state index is 11.6. The van der Waals surface area contributed by atoms with Crippen LogP contribution in [0.3, 0.4) is 0 Å². The Morgan fingerprint density at radius 2 is 2.00 bits per heavy atom. The van der Waals surface area contributed by atoms with Gasteiger partial charge in [-0.05, 0) is 20.8 Å². The number of ether oxygens (including phenoxy) is 1. The first-order valence-electron chi connectivity index (χ1n) is 4.51. The van der Waals surface area contributed by atoms with Crippen LogP contribution in [0.25, 0.3) is 0 Å². The lowest BCUT2D eigenvalue weighted by Crippen LogP contribution is -2.22. The molecule has 0 saturated carbocycles. The van der Waals surface area contributed by atoms with Crippen LogP contribution in [0.4, 0.5) is 8.78 Å². The van der Waals surface area contributed by atoms with Gasteiger partial charge in [0, 0.05) is 6.42 Å². The normalized spacial score (nSPS) is 13.7. The largest absolute Gasteiger partial charge is 0.387 e. The average molecular weight is 208 g/mol. The Bertz CT molecular complexity index is 188. The molecular weight excluding hydrogens is 190 g/mol. The number of halogens is 2. The minimum atomic E-state index is -2.42. The van der Waals surface area contributed by atoms with Crippen LogP contribution in [0.15, 0.2) is 4.99 Å². The Labute approximate surface area is 83.3 Å². The number of rotatable bonds is 5. The lowest BCUT2D eigenvalue weighted by molar-refractivity contribution is 0.0201. The summed E-state index contributed by atoms with van der Waals surface area (Å²) in [6.07, 6.45) is -2.03. The molecule has 84 valence electrons. The van der Waals surface area contributed by atoms with E-state index in [-0.39, 0.29) is 12.1 Å². The monoisotopic (exact) mass is 208 g/mol. The highest BCUT2D eigenvalue weighted by Gasteiger charge is 2.08. The summed E-state index contributed by atoms with van der Waals surface area (Å²) in [6.45, 7) is 5.40. The predicted octanol–water partition coefficient (Wildman–Crippen LogP) is 1.81. The lowest BCUT2D eigenvalue weighted by Gasteiger charge is -2.13. The first-order chi connectivity index (χ1) is 6.31. The quantitative estimate of drug-likeness (QED) is 0.425. The molecule has 0 aromatic heterocycles. The van der Waals surface area contributed by atoms with Gasteiger partial charge in [-0.15, -0.1) is 0 Å². The molecule has 0 aliphatic carbocycles. The van der Waals surface area contributed by atoms with Crippen molar-refractivity contribution >= 4 is 5.84 Å². The summed E-state index contributed by atoms with van der Waals surface area (Å²) in [5, 5.41) is 0. The summed E-state index contributed by atoms with van der Waals surface area (Å²) >= 11 is 0. The van der Waals surface area contributed by atoms with Crippen LogP contribution >= 0.6 is 0 Å². The molecule has 0 saturated heterocycles. The van der Waals surface area contributed by atoms with E-state index in [2.05, 4.69) is 9.73 Å². The number of hydrogen-bond donors (Lipinski definition) is 1. The molecule has 0 aromatic rings. The van der Waals surface area contributed by atoms with Gasteiger partial charge in [-0.2, -0.15) is 0 Å². The summed E-state index contributed by atoms with van der Waals surface area (Å²) in [4.78, 5) is 4.15. The zero-order valence-corrected chi connectivity index (χ0v) is 8.89. The van der Waals surface area contributed by atoms with Gasteiger partial charge in [0.05, 0.1) is 18.0 Å². The molecule has 0 radical (unpaired) electrons. The Kier molecular flexibility index (Phi) is 5.60. The van der Waals surface area contributed by atoms with E-state index in [1.807, 2.05) is 20.8 Å². The van der Waals surface area contributed by atoms with Crippen LogP contribution in [0.1, 0.15) is 27.2 Å². The van der Waals surface area contributed by atoms with Crippen LogP contribution in [-0.4, -0.2) is 31.0 Å². The van der Waals surface area contributed by atoms with Crippen molar-refractivity contribution in [2.24, 2.45) is 10.7 Å². The number of alkyl halides is 2. The molecule has 0 aliphatic heterocycles. The third-order valence-electron chi connectivity index (χ3n) is 1.23. The van der Waals surface area contributed by atoms with Crippen molar-refractivity contribution in [1.29, 1.82) is 0 Å². The summed E-state index contributed by atoms with van der Waals surface area (Å²) < 4.78 is 28.0. The van der Waals surface area contributed by atoms with Gasteiger partial charge in [0.15, 0.2) is 0 Å². The number of hydrogen-bond acceptors (Lipinski definition) is 2. The van der Waals surface area contributed by atoms with E-state index < -0.39 is 13.0 Å². The zero-order valence-electron chi connectivity index (χ0n) is 8.89. The van der Waals surface area contributed by atoms with Gasteiger partial charge in [-0.3, -0.25) is 4.99 Å². The molecule has 0 fully saturated rings. The SMILES string of the molecule is CC(C)(C)N=C(N)CCOCC(F)F. The van der Waals surface area contributed by atoms with Crippen molar-refractivity contribution in [2.75, 3.05) is 13.2 Å². The molecule has 0 unspecified atom stereocenters.